The van der Waals surface area contributed by atoms with Crippen LogP contribution in [0.5, 0.6) is 0 Å². The standard InChI is InChI=1S/C53H61N11O11S3/c1-76-31-41(52(74)75)61-49(70)35(27-39(65)18-19-40(51(72)73)60-48(69)34-14-16-37(17-15-34)57-28-38-29-58-47-46(59-38)50(71)63-53(54)62-47)10-6-23-55-44(67)22-25-77-78-26-24-56-43(66)20-21-45(68)64-30-36-9-3-2-7-32(36)12-13-33-8-4-5-11-42(33)64/h2-5,7-9,11-17,29,35,40-41,57H,6,10,18-28,30-31H2,1H3,(H,55,67)(H,56,66)(H,60,69)(H,61,70)(H,72,73)(H,74,75)(H3,54,58,62,63,71)/b13-12-/t35?,40-,41-/m0/s1. The van der Waals surface area contributed by atoms with Gasteiger partial charge in [0, 0.05) is 79.6 Å². The molecule has 6 rings (SSSR count). The van der Waals surface area contributed by atoms with E-state index in [-0.39, 0.29) is 111 Å². The first-order valence-corrected chi connectivity index (χ1v) is 28.8. The Kier molecular flexibility index (Phi) is 23.1. The number of ketones is 1. The highest BCUT2D eigenvalue weighted by atomic mass is 33.1. The van der Waals surface area contributed by atoms with Gasteiger partial charge < -0.3 is 47.4 Å². The summed E-state index contributed by atoms with van der Waals surface area (Å²) >= 11 is 1.21. The van der Waals surface area contributed by atoms with Crippen molar-refractivity contribution in [3.8, 4) is 0 Å². The minimum atomic E-state index is -1.46. The quantitative estimate of drug-likeness (QED) is 0.0223. The summed E-state index contributed by atoms with van der Waals surface area (Å²) in [5.41, 5.74) is 10.0. The van der Waals surface area contributed by atoms with Crippen molar-refractivity contribution in [3.05, 3.63) is 117 Å². The van der Waals surface area contributed by atoms with Crippen LogP contribution < -0.4 is 42.8 Å². The minimum Gasteiger partial charge on any atom is -0.480 e. The van der Waals surface area contributed by atoms with E-state index in [0.717, 1.165) is 22.4 Å². The van der Waals surface area contributed by atoms with Crippen molar-refractivity contribution in [3.63, 3.8) is 0 Å². The Hall–Kier alpha value is -7.77. The molecule has 5 aromatic rings. The third kappa shape index (κ3) is 18.5. The van der Waals surface area contributed by atoms with Crippen molar-refractivity contribution >= 4 is 121 Å². The number of para-hydroxylation sites is 1. The number of H-pyrrole nitrogens is 1. The molecule has 412 valence electrons. The summed E-state index contributed by atoms with van der Waals surface area (Å²) in [7, 11) is 2.95. The summed E-state index contributed by atoms with van der Waals surface area (Å²) in [6.07, 6.45) is 6.87. The first-order valence-electron chi connectivity index (χ1n) is 24.9. The summed E-state index contributed by atoms with van der Waals surface area (Å²) in [5.74, 6) is -5.06. The first-order chi connectivity index (χ1) is 37.6. The Morgan fingerprint density at radius 1 is 0.769 bits per heavy atom. The normalized spacial score (nSPS) is 13.3. The van der Waals surface area contributed by atoms with Gasteiger partial charge in [-0.25, -0.2) is 19.6 Å². The number of aliphatic carboxylic acids is 2. The number of hydrogen-bond donors (Lipinski definition) is 9. The molecule has 0 radical (unpaired) electrons. The number of amides is 5. The lowest BCUT2D eigenvalue weighted by Crippen LogP contribution is -2.45. The third-order valence-corrected chi connectivity index (χ3v) is 15.3. The number of nitrogens with one attached hydrogen (secondary N) is 6. The fourth-order valence-corrected chi connectivity index (χ4v) is 10.5. The van der Waals surface area contributed by atoms with Crippen LogP contribution in [0.25, 0.3) is 23.3 Å². The van der Waals surface area contributed by atoms with E-state index < -0.39 is 53.1 Å². The number of fused-ring (bicyclic) bond motifs is 3. The number of carbonyl (C=O) groups is 8. The van der Waals surface area contributed by atoms with Crippen molar-refractivity contribution in [2.45, 2.75) is 76.5 Å². The van der Waals surface area contributed by atoms with Crippen LogP contribution in [0.15, 0.2) is 83.8 Å². The van der Waals surface area contributed by atoms with Gasteiger partial charge >= 0.3 is 11.9 Å². The number of carboxylic acids is 2. The highest BCUT2D eigenvalue weighted by Crippen LogP contribution is 2.30. The van der Waals surface area contributed by atoms with Crippen LogP contribution >= 0.6 is 33.3 Å². The number of nitrogens with zero attached hydrogens (tertiary/aromatic N) is 4. The minimum absolute atomic E-state index is 0.0154. The van der Waals surface area contributed by atoms with Gasteiger partial charge in [-0.15, -0.1) is 0 Å². The topological polar surface area (TPSA) is 338 Å². The maximum absolute atomic E-state index is 13.5. The van der Waals surface area contributed by atoms with Crippen LogP contribution in [0.3, 0.4) is 0 Å². The Labute approximate surface area is 461 Å². The zero-order chi connectivity index (χ0) is 56.0. The molecule has 0 saturated heterocycles. The molecule has 25 heteroatoms. The molecule has 2 aromatic heterocycles. The van der Waals surface area contributed by atoms with Crippen molar-refractivity contribution in [2.24, 2.45) is 5.92 Å². The number of thioether (sulfide) groups is 1. The Balaban J connectivity index is 0.878. The van der Waals surface area contributed by atoms with Gasteiger partial charge in [0.1, 0.15) is 17.9 Å². The van der Waals surface area contributed by atoms with Gasteiger partial charge in [0.25, 0.3) is 11.5 Å². The lowest BCUT2D eigenvalue weighted by atomic mass is 9.93. The van der Waals surface area contributed by atoms with Crippen molar-refractivity contribution < 1.29 is 48.6 Å². The number of carbonyl (C=O) groups excluding carboxylic acids is 6. The van der Waals surface area contributed by atoms with E-state index in [0.29, 0.717) is 36.0 Å². The highest BCUT2D eigenvalue weighted by Gasteiger charge is 2.29. The average molecular weight is 1120 g/mol. The molecule has 3 atom stereocenters. The second kappa shape index (κ2) is 30.2. The second-order valence-electron chi connectivity index (χ2n) is 17.9. The summed E-state index contributed by atoms with van der Waals surface area (Å²) in [5, 5.41) is 33.3. The molecule has 0 spiro atoms. The van der Waals surface area contributed by atoms with E-state index in [1.807, 2.05) is 60.7 Å². The maximum atomic E-state index is 13.5. The van der Waals surface area contributed by atoms with E-state index >= 15 is 0 Å². The van der Waals surface area contributed by atoms with Crippen LogP contribution in [0.2, 0.25) is 0 Å². The van der Waals surface area contributed by atoms with Gasteiger partial charge in [-0.2, -0.15) is 16.7 Å². The molecule has 1 aliphatic rings. The monoisotopic (exact) mass is 1120 g/mol. The molecule has 22 nitrogen and oxygen atoms in total. The summed E-state index contributed by atoms with van der Waals surface area (Å²) in [4.78, 5) is 131. The number of carboxylic acid groups (broad SMARTS) is 2. The molecule has 0 fully saturated rings. The smallest absolute Gasteiger partial charge is 0.327 e. The van der Waals surface area contributed by atoms with E-state index in [4.69, 9.17) is 5.73 Å². The Morgan fingerprint density at radius 3 is 2.22 bits per heavy atom. The molecule has 0 aliphatic carbocycles. The summed E-state index contributed by atoms with van der Waals surface area (Å²) in [6.45, 7) is 1.11. The number of hydrogen-bond acceptors (Lipinski definition) is 17. The SMILES string of the molecule is CSC[C@H](NC(=O)C(CCCNC(=O)CCSSCCNC(=O)CCC(=O)N1Cc2ccccc2/C=C\c2ccccc21)CC(=O)CC[C@H](NC(=O)c1ccc(NCc2cnc3nc(N)[nH]c(=O)c3n2)cc1)C(=O)O)C(=O)O. The van der Waals surface area contributed by atoms with Crippen LogP contribution in [-0.4, -0.2) is 126 Å². The zero-order valence-corrected chi connectivity index (χ0v) is 45.1. The number of nitrogens with two attached hydrogens (primary N) is 1. The Bertz CT molecular complexity index is 3050. The van der Waals surface area contributed by atoms with Crippen LogP contribution in [0.4, 0.5) is 17.3 Å². The first kappa shape index (κ1) is 59.5. The fourth-order valence-electron chi connectivity index (χ4n) is 8.09. The molecule has 78 heavy (non-hydrogen) atoms. The molecule has 10 N–H and O–H groups in total. The number of aromatic amines is 1. The number of anilines is 3. The average Bonchev–Trinajstić information content (AvgIpc) is 3.44. The van der Waals surface area contributed by atoms with Gasteiger partial charge in [0.05, 0.1) is 30.7 Å². The van der Waals surface area contributed by atoms with Crippen LogP contribution in [0, 0.1) is 5.92 Å². The third-order valence-electron chi connectivity index (χ3n) is 12.2. The number of Topliss-reactive ketones (excluding diaryl/α,β-unsaturated/α-hetero) is 1. The van der Waals surface area contributed by atoms with Gasteiger partial charge in [0.15, 0.2) is 11.2 Å². The Morgan fingerprint density at radius 2 is 1.46 bits per heavy atom. The predicted octanol–water partition coefficient (Wildman–Crippen LogP) is 4.66. The van der Waals surface area contributed by atoms with Crippen molar-refractivity contribution in [1.82, 2.24) is 41.2 Å². The number of benzene rings is 3. The molecule has 5 amide bonds. The van der Waals surface area contributed by atoms with Crippen molar-refractivity contribution in [1.29, 1.82) is 0 Å². The number of aromatic nitrogens is 4. The molecule has 3 aromatic carbocycles. The molecule has 1 unspecified atom stereocenters. The van der Waals surface area contributed by atoms with Crippen LogP contribution in [-0.2, 0) is 46.7 Å². The fraction of sp³-hybridized carbons (Fsp3) is 0.358. The molecule has 0 bridgehead atoms. The van der Waals surface area contributed by atoms with Gasteiger partial charge in [-0.1, -0.05) is 76.2 Å². The highest BCUT2D eigenvalue weighted by molar-refractivity contribution is 8.76. The largest absolute Gasteiger partial charge is 0.480 e. The van der Waals surface area contributed by atoms with E-state index in [9.17, 15) is 53.4 Å². The molecule has 0 saturated carbocycles. The second-order valence-corrected chi connectivity index (χ2v) is 21.5. The molecule has 3 heterocycles. The summed E-state index contributed by atoms with van der Waals surface area (Å²) in [6, 6.07) is 19.0. The predicted molar refractivity (Wildman–Crippen MR) is 302 cm³/mol. The van der Waals surface area contributed by atoms with Gasteiger partial charge in [0.2, 0.25) is 29.6 Å². The zero-order valence-electron chi connectivity index (χ0n) is 42.7. The molecular weight excluding hydrogens is 1060 g/mol. The lowest BCUT2D eigenvalue weighted by Gasteiger charge is -2.27. The number of rotatable bonds is 30. The van der Waals surface area contributed by atoms with Crippen LogP contribution in [0.1, 0.15) is 84.1 Å². The van der Waals surface area contributed by atoms with Gasteiger partial charge in [-0.05, 0) is 72.5 Å². The van der Waals surface area contributed by atoms with E-state index in [2.05, 4.69) is 46.5 Å². The molecule has 1 aliphatic heterocycles. The van der Waals surface area contributed by atoms with Gasteiger partial charge in [-0.3, -0.25) is 38.5 Å². The maximum Gasteiger partial charge on any atom is 0.327 e. The summed E-state index contributed by atoms with van der Waals surface area (Å²) < 4.78 is 0. The lowest BCUT2D eigenvalue weighted by molar-refractivity contribution is -0.142. The van der Waals surface area contributed by atoms with E-state index in [1.54, 1.807) is 23.3 Å². The molecular formula is C53H61N11O11S3. The van der Waals surface area contributed by atoms with Crippen molar-refractivity contribution in [2.75, 3.05) is 52.6 Å². The van der Waals surface area contributed by atoms with E-state index in [1.165, 1.54) is 51.7 Å². The number of nitrogen functional groups attached to an aromatic ring is 1.